The quantitative estimate of drug-likeness (QED) is 0.276. The number of para-hydroxylation sites is 1. The van der Waals surface area contributed by atoms with Crippen LogP contribution in [0.2, 0.25) is 0 Å². The molecule has 3 aromatic heterocycles. The Morgan fingerprint density at radius 1 is 0.812 bits per heavy atom. The van der Waals surface area contributed by atoms with Crippen LogP contribution in [0.25, 0.3) is 53.9 Å². The van der Waals surface area contributed by atoms with Crippen LogP contribution in [0, 0.1) is 27.7 Å². The highest BCUT2D eigenvalue weighted by Crippen LogP contribution is 2.43. The van der Waals surface area contributed by atoms with Gasteiger partial charge in [0.25, 0.3) is 0 Å². The first-order chi connectivity index (χ1) is 15.5. The molecule has 32 heavy (non-hydrogen) atoms. The Kier molecular flexibility index (Phi) is 4.21. The lowest BCUT2D eigenvalue weighted by molar-refractivity contribution is 0.666. The number of thiophene rings is 1. The van der Waals surface area contributed by atoms with Crippen molar-refractivity contribution in [2.75, 3.05) is 0 Å². The molecule has 0 radical (unpaired) electrons. The summed E-state index contributed by atoms with van der Waals surface area (Å²) in [6, 6.07) is 19.3. The number of hydrogen-bond acceptors (Lipinski definition) is 4. The Labute approximate surface area is 190 Å². The number of hydrogen-bond donors (Lipinski definition) is 0. The minimum Gasteiger partial charge on any atom is -0.456 e. The van der Waals surface area contributed by atoms with Crippen molar-refractivity contribution >= 4 is 43.5 Å². The minimum atomic E-state index is 0.932. The molecular weight excluding hydrogens is 412 g/mol. The largest absolute Gasteiger partial charge is 0.456 e. The van der Waals surface area contributed by atoms with Gasteiger partial charge in [0.05, 0.1) is 15.9 Å². The van der Waals surface area contributed by atoms with Gasteiger partial charge in [0.15, 0.2) is 0 Å². The average molecular weight is 435 g/mol. The molecule has 0 N–H and O–H groups in total. The molecule has 0 aliphatic carbocycles. The van der Waals surface area contributed by atoms with Gasteiger partial charge in [0.1, 0.15) is 17.5 Å². The predicted molar refractivity (Wildman–Crippen MR) is 135 cm³/mol. The molecule has 0 aliphatic heterocycles. The molecule has 0 bridgehead atoms. The summed E-state index contributed by atoms with van der Waals surface area (Å²) in [5.41, 5.74) is 11.1. The predicted octanol–water partition coefficient (Wildman–Crippen LogP) is 8.16. The summed E-state index contributed by atoms with van der Waals surface area (Å²) < 4.78 is 7.39. The number of aromatic nitrogens is 2. The molecule has 4 heteroatoms. The molecule has 0 atom stereocenters. The zero-order chi connectivity index (χ0) is 22.0. The molecule has 3 aromatic carbocycles. The molecule has 0 aliphatic rings. The number of rotatable bonds is 2. The normalized spacial score (nSPS) is 11.8. The summed E-state index contributed by atoms with van der Waals surface area (Å²) in [5, 5.41) is 2.34. The molecule has 0 saturated heterocycles. The van der Waals surface area contributed by atoms with E-state index in [2.05, 4.69) is 80.1 Å². The van der Waals surface area contributed by atoms with E-state index in [-0.39, 0.29) is 0 Å². The summed E-state index contributed by atoms with van der Waals surface area (Å²) in [4.78, 5) is 10.5. The van der Waals surface area contributed by atoms with Gasteiger partial charge in [-0.3, -0.25) is 0 Å². The molecular formula is C28H22N2OS. The Morgan fingerprint density at radius 2 is 1.59 bits per heavy atom. The molecule has 0 amide bonds. The van der Waals surface area contributed by atoms with Crippen LogP contribution in [0.3, 0.4) is 0 Å². The number of furan rings is 1. The van der Waals surface area contributed by atoms with E-state index in [0.29, 0.717) is 0 Å². The third kappa shape index (κ3) is 2.87. The average Bonchev–Trinajstić information content (AvgIpc) is 3.34. The topological polar surface area (TPSA) is 38.9 Å². The highest BCUT2D eigenvalue weighted by molar-refractivity contribution is 7.22. The number of aryl methyl sites for hydroxylation is 4. The van der Waals surface area contributed by atoms with Gasteiger partial charge in [-0.15, -0.1) is 11.3 Å². The Hall–Kier alpha value is -3.50. The molecule has 0 unspecified atom stereocenters. The molecule has 0 saturated carbocycles. The van der Waals surface area contributed by atoms with E-state index >= 15 is 0 Å². The summed E-state index contributed by atoms with van der Waals surface area (Å²) in [6.07, 6.45) is 1.67. The van der Waals surface area contributed by atoms with Crippen LogP contribution in [0.1, 0.15) is 22.3 Å². The molecule has 3 heterocycles. The van der Waals surface area contributed by atoms with Gasteiger partial charge in [-0.1, -0.05) is 35.4 Å². The van der Waals surface area contributed by atoms with E-state index in [4.69, 9.17) is 4.42 Å². The zero-order valence-corrected chi connectivity index (χ0v) is 19.3. The van der Waals surface area contributed by atoms with Gasteiger partial charge in [-0.2, -0.15) is 0 Å². The van der Waals surface area contributed by atoms with Gasteiger partial charge in [0, 0.05) is 32.3 Å². The SMILES string of the molecule is Cc1cc(C)cc(-c2ncnc3cc(-c4c(C)cc5c(oc6ccccc65)c4C)sc23)c1. The maximum atomic E-state index is 6.27. The lowest BCUT2D eigenvalue weighted by Gasteiger charge is -2.08. The third-order valence-electron chi connectivity index (χ3n) is 6.16. The van der Waals surface area contributed by atoms with Crippen LogP contribution in [0.5, 0.6) is 0 Å². The second-order valence-electron chi connectivity index (χ2n) is 8.59. The maximum Gasteiger partial charge on any atom is 0.138 e. The van der Waals surface area contributed by atoms with Crippen molar-refractivity contribution in [3.63, 3.8) is 0 Å². The smallest absolute Gasteiger partial charge is 0.138 e. The summed E-state index contributed by atoms with van der Waals surface area (Å²) in [5.74, 6) is 0. The third-order valence-corrected chi connectivity index (χ3v) is 7.31. The first kappa shape index (κ1) is 19.2. The van der Waals surface area contributed by atoms with E-state index in [1.807, 2.05) is 12.1 Å². The van der Waals surface area contributed by atoms with Gasteiger partial charge < -0.3 is 4.42 Å². The lowest BCUT2D eigenvalue weighted by atomic mass is 9.97. The lowest BCUT2D eigenvalue weighted by Crippen LogP contribution is -1.87. The molecule has 0 fully saturated rings. The monoisotopic (exact) mass is 434 g/mol. The van der Waals surface area contributed by atoms with Crippen molar-refractivity contribution < 1.29 is 4.42 Å². The van der Waals surface area contributed by atoms with Crippen molar-refractivity contribution in [2.24, 2.45) is 0 Å². The second kappa shape index (κ2) is 7.01. The number of nitrogens with zero attached hydrogens (tertiary/aromatic N) is 2. The van der Waals surface area contributed by atoms with Gasteiger partial charge in [-0.05, 0) is 63.6 Å². The fourth-order valence-electron chi connectivity index (χ4n) is 4.86. The highest BCUT2D eigenvalue weighted by atomic mass is 32.1. The molecule has 6 rings (SSSR count). The van der Waals surface area contributed by atoms with Crippen molar-refractivity contribution in [1.29, 1.82) is 0 Å². The van der Waals surface area contributed by atoms with Gasteiger partial charge in [0.2, 0.25) is 0 Å². The van der Waals surface area contributed by atoms with Crippen LogP contribution in [0.15, 0.2) is 65.3 Å². The Bertz CT molecular complexity index is 1650. The van der Waals surface area contributed by atoms with Gasteiger partial charge >= 0.3 is 0 Å². The van der Waals surface area contributed by atoms with Crippen LogP contribution >= 0.6 is 11.3 Å². The van der Waals surface area contributed by atoms with E-state index in [1.54, 1.807) is 17.7 Å². The van der Waals surface area contributed by atoms with Crippen LogP contribution in [-0.4, -0.2) is 9.97 Å². The number of fused-ring (bicyclic) bond motifs is 4. The van der Waals surface area contributed by atoms with Crippen molar-refractivity contribution in [1.82, 2.24) is 9.97 Å². The first-order valence-electron chi connectivity index (χ1n) is 10.7. The molecule has 6 aromatic rings. The highest BCUT2D eigenvalue weighted by Gasteiger charge is 2.19. The van der Waals surface area contributed by atoms with Crippen LogP contribution < -0.4 is 0 Å². The standard InChI is InChI=1S/C28H22N2OS/c1-15-9-16(2)11-19(10-15)26-28-22(29-14-30-26)13-24(32-28)25-17(3)12-21-20-7-5-6-8-23(20)31-27(21)18(25)4/h5-14H,1-4H3. The fourth-order valence-corrected chi connectivity index (χ4v) is 6.15. The Balaban J connectivity index is 1.60. The van der Waals surface area contributed by atoms with Crippen LogP contribution in [-0.2, 0) is 0 Å². The van der Waals surface area contributed by atoms with Crippen LogP contribution in [0.4, 0.5) is 0 Å². The van der Waals surface area contributed by atoms with E-state index in [9.17, 15) is 0 Å². The summed E-state index contributed by atoms with van der Waals surface area (Å²) in [7, 11) is 0. The zero-order valence-electron chi connectivity index (χ0n) is 18.5. The Morgan fingerprint density at radius 3 is 2.41 bits per heavy atom. The van der Waals surface area contributed by atoms with E-state index in [1.165, 1.54) is 43.5 Å². The minimum absolute atomic E-state index is 0.932. The molecule has 3 nitrogen and oxygen atoms in total. The summed E-state index contributed by atoms with van der Waals surface area (Å²) >= 11 is 1.76. The van der Waals surface area contributed by atoms with E-state index in [0.717, 1.165) is 32.6 Å². The molecule has 0 spiro atoms. The van der Waals surface area contributed by atoms with Crippen molar-refractivity contribution in [3.8, 4) is 21.7 Å². The molecule has 156 valence electrons. The second-order valence-corrected chi connectivity index (χ2v) is 9.64. The van der Waals surface area contributed by atoms with Crippen molar-refractivity contribution in [2.45, 2.75) is 27.7 Å². The van der Waals surface area contributed by atoms with Gasteiger partial charge in [-0.25, -0.2) is 9.97 Å². The first-order valence-corrected chi connectivity index (χ1v) is 11.6. The maximum absolute atomic E-state index is 6.27. The summed E-state index contributed by atoms with van der Waals surface area (Å²) in [6.45, 7) is 8.60. The fraction of sp³-hybridized carbons (Fsp3) is 0.143. The number of benzene rings is 3. The van der Waals surface area contributed by atoms with E-state index < -0.39 is 0 Å². The van der Waals surface area contributed by atoms with Crippen molar-refractivity contribution in [3.05, 3.63) is 83.2 Å².